The van der Waals surface area contributed by atoms with Crippen molar-refractivity contribution >= 4 is 29.1 Å². The maximum absolute atomic E-state index is 12.5. The SMILES string of the molecule is CC(NC(=O)c1cccc(NC(=O)C(C)(C)C)c1)c1ccc(Cl)cc1. The predicted octanol–water partition coefficient (Wildman–Crippen LogP) is 4.82. The Morgan fingerprint density at radius 2 is 1.68 bits per heavy atom. The summed E-state index contributed by atoms with van der Waals surface area (Å²) in [5.74, 6) is -0.297. The lowest BCUT2D eigenvalue weighted by molar-refractivity contribution is -0.123. The van der Waals surface area contributed by atoms with E-state index in [1.54, 1.807) is 36.4 Å². The molecule has 1 atom stereocenters. The number of carbonyl (C=O) groups excluding carboxylic acids is 2. The number of nitrogens with one attached hydrogen (secondary N) is 2. The number of anilines is 1. The fourth-order valence-electron chi connectivity index (χ4n) is 2.17. The van der Waals surface area contributed by atoms with Crippen LogP contribution in [-0.2, 0) is 4.79 Å². The van der Waals surface area contributed by atoms with Crippen LogP contribution in [0.5, 0.6) is 0 Å². The van der Waals surface area contributed by atoms with Crippen LogP contribution in [0.2, 0.25) is 5.02 Å². The van der Waals surface area contributed by atoms with E-state index in [2.05, 4.69) is 10.6 Å². The van der Waals surface area contributed by atoms with E-state index in [4.69, 9.17) is 11.6 Å². The van der Waals surface area contributed by atoms with Crippen LogP contribution in [0.15, 0.2) is 48.5 Å². The summed E-state index contributed by atoms with van der Waals surface area (Å²) < 4.78 is 0. The number of hydrogen-bond acceptors (Lipinski definition) is 2. The third kappa shape index (κ3) is 5.33. The lowest BCUT2D eigenvalue weighted by Crippen LogP contribution is -2.28. The van der Waals surface area contributed by atoms with E-state index >= 15 is 0 Å². The molecule has 0 spiro atoms. The number of benzene rings is 2. The Labute approximate surface area is 153 Å². The zero-order valence-electron chi connectivity index (χ0n) is 14.9. The summed E-state index contributed by atoms with van der Waals surface area (Å²) >= 11 is 5.89. The van der Waals surface area contributed by atoms with Gasteiger partial charge >= 0.3 is 0 Å². The molecule has 2 aromatic carbocycles. The van der Waals surface area contributed by atoms with Gasteiger partial charge in [-0.1, -0.05) is 50.6 Å². The molecule has 2 amide bonds. The molecule has 0 saturated heterocycles. The molecule has 1 unspecified atom stereocenters. The van der Waals surface area contributed by atoms with Gasteiger partial charge in [0.2, 0.25) is 5.91 Å². The van der Waals surface area contributed by atoms with Crippen molar-refractivity contribution in [3.05, 3.63) is 64.7 Å². The number of rotatable bonds is 4. The smallest absolute Gasteiger partial charge is 0.251 e. The van der Waals surface area contributed by atoms with Gasteiger partial charge in [-0.05, 0) is 42.8 Å². The molecule has 2 N–H and O–H groups in total. The molecule has 0 aromatic heterocycles. The molecule has 0 fully saturated rings. The molecule has 4 nitrogen and oxygen atoms in total. The highest BCUT2D eigenvalue weighted by Gasteiger charge is 2.21. The zero-order chi connectivity index (χ0) is 18.6. The van der Waals surface area contributed by atoms with Crippen LogP contribution >= 0.6 is 11.6 Å². The monoisotopic (exact) mass is 358 g/mol. The van der Waals surface area contributed by atoms with Gasteiger partial charge in [0.15, 0.2) is 0 Å². The van der Waals surface area contributed by atoms with Crippen LogP contribution in [0.25, 0.3) is 0 Å². The van der Waals surface area contributed by atoms with Crippen molar-refractivity contribution in [2.45, 2.75) is 33.7 Å². The number of halogens is 1. The average molecular weight is 359 g/mol. The van der Waals surface area contributed by atoms with Crippen LogP contribution in [0, 0.1) is 5.41 Å². The maximum atomic E-state index is 12.5. The van der Waals surface area contributed by atoms with Gasteiger partial charge in [-0.25, -0.2) is 0 Å². The molecule has 0 bridgehead atoms. The van der Waals surface area contributed by atoms with Crippen molar-refractivity contribution in [2.75, 3.05) is 5.32 Å². The van der Waals surface area contributed by atoms with Crippen molar-refractivity contribution in [3.8, 4) is 0 Å². The Hall–Kier alpha value is -2.33. The highest BCUT2D eigenvalue weighted by molar-refractivity contribution is 6.30. The number of carbonyl (C=O) groups is 2. The molecular weight excluding hydrogens is 336 g/mol. The van der Waals surface area contributed by atoms with Crippen molar-refractivity contribution < 1.29 is 9.59 Å². The van der Waals surface area contributed by atoms with Crippen molar-refractivity contribution in [3.63, 3.8) is 0 Å². The van der Waals surface area contributed by atoms with E-state index < -0.39 is 5.41 Å². The highest BCUT2D eigenvalue weighted by atomic mass is 35.5. The Morgan fingerprint density at radius 3 is 2.28 bits per heavy atom. The van der Waals surface area contributed by atoms with Crippen LogP contribution < -0.4 is 10.6 Å². The molecular formula is C20H23ClN2O2. The molecule has 2 rings (SSSR count). The minimum atomic E-state index is -0.499. The quantitative estimate of drug-likeness (QED) is 0.823. The molecule has 0 radical (unpaired) electrons. The van der Waals surface area contributed by atoms with Crippen molar-refractivity contribution in [1.82, 2.24) is 5.32 Å². The fourth-order valence-corrected chi connectivity index (χ4v) is 2.30. The summed E-state index contributed by atoms with van der Waals surface area (Å²) in [6.45, 7) is 7.43. The first-order valence-electron chi connectivity index (χ1n) is 8.14. The van der Waals surface area contributed by atoms with Gasteiger partial charge in [0.05, 0.1) is 6.04 Å². The highest BCUT2D eigenvalue weighted by Crippen LogP contribution is 2.20. The van der Waals surface area contributed by atoms with Gasteiger partial charge in [-0.2, -0.15) is 0 Å². The van der Waals surface area contributed by atoms with E-state index in [1.807, 2.05) is 39.8 Å². The summed E-state index contributed by atoms with van der Waals surface area (Å²) in [6.07, 6.45) is 0. The minimum Gasteiger partial charge on any atom is -0.346 e. The molecule has 2 aromatic rings. The second kappa shape index (κ2) is 7.70. The van der Waals surface area contributed by atoms with E-state index in [0.717, 1.165) is 5.56 Å². The molecule has 132 valence electrons. The number of amides is 2. The lowest BCUT2D eigenvalue weighted by atomic mass is 9.95. The van der Waals surface area contributed by atoms with Crippen LogP contribution in [-0.4, -0.2) is 11.8 Å². The second-order valence-corrected chi connectivity index (χ2v) is 7.47. The first-order valence-corrected chi connectivity index (χ1v) is 8.52. The summed E-state index contributed by atoms with van der Waals surface area (Å²) in [5, 5.41) is 6.44. The molecule has 0 aliphatic carbocycles. The minimum absolute atomic E-state index is 0.0976. The van der Waals surface area contributed by atoms with E-state index in [0.29, 0.717) is 16.3 Å². The van der Waals surface area contributed by atoms with Crippen LogP contribution in [0.1, 0.15) is 49.7 Å². The van der Waals surface area contributed by atoms with Crippen molar-refractivity contribution in [1.29, 1.82) is 0 Å². The molecule has 0 aliphatic heterocycles. The maximum Gasteiger partial charge on any atom is 0.251 e. The second-order valence-electron chi connectivity index (χ2n) is 7.03. The Balaban J connectivity index is 2.08. The summed E-state index contributed by atoms with van der Waals surface area (Å²) in [7, 11) is 0. The zero-order valence-corrected chi connectivity index (χ0v) is 15.6. The molecule has 5 heteroatoms. The largest absolute Gasteiger partial charge is 0.346 e. The van der Waals surface area contributed by atoms with Gasteiger partial charge in [0.25, 0.3) is 5.91 Å². The Kier molecular flexibility index (Phi) is 5.85. The summed E-state index contributed by atoms with van der Waals surface area (Å²) in [4.78, 5) is 24.6. The van der Waals surface area contributed by atoms with Gasteiger partial charge in [0, 0.05) is 21.7 Å². The Morgan fingerprint density at radius 1 is 1.04 bits per heavy atom. The van der Waals surface area contributed by atoms with Gasteiger partial charge < -0.3 is 10.6 Å². The van der Waals surface area contributed by atoms with E-state index in [9.17, 15) is 9.59 Å². The third-order valence-corrected chi connectivity index (χ3v) is 4.03. The standard InChI is InChI=1S/C20H23ClN2O2/c1-13(14-8-10-16(21)11-9-14)22-18(24)15-6-5-7-17(12-15)23-19(25)20(2,3)4/h5-13H,1-4H3,(H,22,24)(H,23,25). The molecule has 0 saturated carbocycles. The van der Waals surface area contributed by atoms with Crippen LogP contribution in [0.4, 0.5) is 5.69 Å². The van der Waals surface area contributed by atoms with Crippen molar-refractivity contribution in [2.24, 2.45) is 5.41 Å². The first-order chi connectivity index (χ1) is 11.7. The average Bonchev–Trinajstić information content (AvgIpc) is 2.54. The predicted molar refractivity (Wildman–Crippen MR) is 102 cm³/mol. The number of hydrogen-bond donors (Lipinski definition) is 2. The molecule has 25 heavy (non-hydrogen) atoms. The van der Waals surface area contributed by atoms with E-state index in [1.165, 1.54) is 0 Å². The third-order valence-electron chi connectivity index (χ3n) is 3.78. The Bertz CT molecular complexity index is 764. The van der Waals surface area contributed by atoms with Gasteiger partial charge in [0.1, 0.15) is 0 Å². The van der Waals surface area contributed by atoms with Crippen LogP contribution in [0.3, 0.4) is 0 Å². The normalized spacial score (nSPS) is 12.4. The van der Waals surface area contributed by atoms with Gasteiger partial charge in [-0.15, -0.1) is 0 Å². The molecule has 0 heterocycles. The lowest BCUT2D eigenvalue weighted by Gasteiger charge is -2.18. The van der Waals surface area contributed by atoms with Gasteiger partial charge in [-0.3, -0.25) is 9.59 Å². The fraction of sp³-hybridized carbons (Fsp3) is 0.300. The summed E-state index contributed by atoms with van der Waals surface area (Å²) in [5.41, 5.74) is 1.57. The first kappa shape index (κ1) is 19.0. The molecule has 0 aliphatic rings. The topological polar surface area (TPSA) is 58.2 Å². The summed E-state index contributed by atoms with van der Waals surface area (Å²) in [6, 6.07) is 14.1. The van der Waals surface area contributed by atoms with E-state index in [-0.39, 0.29) is 17.9 Å².